The summed E-state index contributed by atoms with van der Waals surface area (Å²) in [5.74, 6) is 1.19. The molecule has 1 aliphatic rings. The topological polar surface area (TPSA) is 114 Å². The molecular weight excluding hydrogens is 462 g/mol. The smallest absolute Gasteiger partial charge is 0.238 e. The Labute approximate surface area is 195 Å². The third-order valence-electron chi connectivity index (χ3n) is 5.49. The molecule has 0 amide bonds. The lowest BCUT2D eigenvalue weighted by Crippen LogP contribution is -2.27. The van der Waals surface area contributed by atoms with E-state index in [1.54, 1.807) is 36.9 Å². The highest BCUT2D eigenvalue weighted by atomic mass is 32.2. The van der Waals surface area contributed by atoms with Gasteiger partial charge >= 0.3 is 0 Å². The van der Waals surface area contributed by atoms with Crippen LogP contribution >= 0.6 is 11.3 Å². The van der Waals surface area contributed by atoms with Gasteiger partial charge in [0, 0.05) is 35.1 Å². The second-order valence-corrected chi connectivity index (χ2v) is 10.2. The Balaban J connectivity index is 1.61. The number of hydrogen-bond donors (Lipinski definition) is 1. The van der Waals surface area contributed by atoms with Gasteiger partial charge in [0.25, 0.3) is 0 Å². The van der Waals surface area contributed by atoms with Gasteiger partial charge in [0.2, 0.25) is 10.0 Å². The van der Waals surface area contributed by atoms with E-state index < -0.39 is 10.0 Å². The summed E-state index contributed by atoms with van der Waals surface area (Å²) < 4.78 is 41.4. The number of rotatable bonds is 5. The summed E-state index contributed by atoms with van der Waals surface area (Å²) in [5.41, 5.74) is 0.751. The van der Waals surface area contributed by atoms with E-state index in [-0.39, 0.29) is 16.9 Å². The van der Waals surface area contributed by atoms with E-state index in [1.807, 2.05) is 24.3 Å². The van der Waals surface area contributed by atoms with E-state index in [0.717, 1.165) is 20.8 Å². The lowest BCUT2D eigenvalue weighted by atomic mass is 9.92. The van der Waals surface area contributed by atoms with Crippen molar-refractivity contribution in [2.24, 2.45) is 5.14 Å². The van der Waals surface area contributed by atoms with Crippen LogP contribution in [0.4, 0.5) is 0 Å². The van der Waals surface area contributed by atoms with Crippen LogP contribution in [0.5, 0.6) is 17.2 Å². The number of primary sulfonamides is 1. The van der Waals surface area contributed by atoms with E-state index in [4.69, 9.17) is 19.3 Å². The minimum Gasteiger partial charge on any atom is -0.495 e. The molecule has 33 heavy (non-hydrogen) atoms. The van der Waals surface area contributed by atoms with Gasteiger partial charge in [0.05, 0.1) is 30.2 Å². The largest absolute Gasteiger partial charge is 0.495 e. The van der Waals surface area contributed by atoms with Crippen LogP contribution in [0.2, 0.25) is 0 Å². The van der Waals surface area contributed by atoms with Crippen molar-refractivity contribution in [3.63, 3.8) is 0 Å². The molecule has 4 aromatic rings. The number of thiophene rings is 1. The summed E-state index contributed by atoms with van der Waals surface area (Å²) in [6.45, 7) is 0.334. The lowest BCUT2D eigenvalue weighted by Gasteiger charge is -2.26. The molecule has 8 nitrogen and oxygen atoms in total. The molecule has 1 aromatic carbocycles. The van der Waals surface area contributed by atoms with Crippen molar-refractivity contribution in [1.29, 1.82) is 0 Å². The summed E-state index contributed by atoms with van der Waals surface area (Å²) in [6, 6.07) is 14.1. The predicted molar refractivity (Wildman–Crippen MR) is 125 cm³/mol. The standard InChI is InChI=1S/C23H21N3O5S2/c1-29-18-5-3-9-25-22(18)21(20-12-14-4-2-10-26-23(14)32-20)17-8-11-30-19-13-15(33(24,27)28)6-7-16(19)31-17/h2-7,9-10,12-13,17,21H,8,11H2,1H3,(H2,24,27,28)/t17?,21-/m1/s1. The zero-order valence-corrected chi connectivity index (χ0v) is 19.3. The maximum Gasteiger partial charge on any atom is 0.238 e. The fourth-order valence-electron chi connectivity index (χ4n) is 3.97. The average Bonchev–Trinajstić information content (AvgIpc) is 3.11. The number of hydrogen-bond acceptors (Lipinski definition) is 8. The SMILES string of the molecule is COc1cccnc1[C@@H](c1cc2cccnc2s1)C1CCOc2cc(S(N)(=O)=O)ccc2O1. The first kappa shape index (κ1) is 21.6. The van der Waals surface area contributed by atoms with Crippen LogP contribution in [0, 0.1) is 0 Å². The van der Waals surface area contributed by atoms with Crippen molar-refractivity contribution in [2.75, 3.05) is 13.7 Å². The molecule has 3 aromatic heterocycles. The lowest BCUT2D eigenvalue weighted by molar-refractivity contribution is 0.171. The number of nitrogens with zero attached hydrogens (tertiary/aromatic N) is 2. The molecule has 170 valence electrons. The Morgan fingerprint density at radius 2 is 1.94 bits per heavy atom. The van der Waals surface area contributed by atoms with Crippen molar-refractivity contribution < 1.29 is 22.6 Å². The molecule has 5 rings (SSSR count). The summed E-state index contributed by atoms with van der Waals surface area (Å²) in [4.78, 5) is 11.1. The van der Waals surface area contributed by atoms with Gasteiger partial charge in [-0.25, -0.2) is 18.5 Å². The third-order valence-corrected chi connectivity index (χ3v) is 7.54. The molecule has 0 bridgehead atoms. The fraction of sp³-hybridized carbons (Fsp3) is 0.217. The van der Waals surface area contributed by atoms with Crippen LogP contribution in [-0.2, 0) is 10.0 Å². The molecule has 4 heterocycles. The van der Waals surface area contributed by atoms with Gasteiger partial charge in [0.15, 0.2) is 11.5 Å². The van der Waals surface area contributed by atoms with Crippen molar-refractivity contribution in [1.82, 2.24) is 9.97 Å². The van der Waals surface area contributed by atoms with Crippen molar-refractivity contribution >= 4 is 31.6 Å². The van der Waals surface area contributed by atoms with E-state index >= 15 is 0 Å². The molecule has 10 heteroatoms. The highest BCUT2D eigenvalue weighted by molar-refractivity contribution is 7.89. The molecule has 0 saturated carbocycles. The second-order valence-electron chi connectivity index (χ2n) is 7.56. The van der Waals surface area contributed by atoms with Crippen LogP contribution in [-0.4, -0.2) is 38.2 Å². The van der Waals surface area contributed by atoms with Crippen molar-refractivity contribution in [3.05, 3.63) is 71.5 Å². The summed E-state index contributed by atoms with van der Waals surface area (Å²) in [7, 11) is -2.24. The number of nitrogens with two attached hydrogens (primary N) is 1. The van der Waals surface area contributed by atoms with Gasteiger partial charge in [-0.05, 0) is 36.4 Å². The summed E-state index contributed by atoms with van der Waals surface area (Å²) in [5, 5.41) is 6.32. The number of benzene rings is 1. The van der Waals surface area contributed by atoms with E-state index in [0.29, 0.717) is 30.3 Å². The van der Waals surface area contributed by atoms with Gasteiger partial charge in [-0.15, -0.1) is 11.3 Å². The first-order chi connectivity index (χ1) is 15.9. The molecular formula is C23H21N3O5S2. The van der Waals surface area contributed by atoms with Crippen LogP contribution in [0.3, 0.4) is 0 Å². The van der Waals surface area contributed by atoms with E-state index in [9.17, 15) is 8.42 Å². The van der Waals surface area contributed by atoms with Crippen LogP contribution in [0.1, 0.15) is 22.9 Å². The van der Waals surface area contributed by atoms with Crippen LogP contribution < -0.4 is 19.3 Å². The molecule has 1 unspecified atom stereocenters. The third kappa shape index (κ3) is 4.24. The zero-order valence-electron chi connectivity index (χ0n) is 17.7. The van der Waals surface area contributed by atoms with Gasteiger partial charge < -0.3 is 14.2 Å². The number of pyridine rings is 2. The molecule has 2 atom stereocenters. The van der Waals surface area contributed by atoms with Gasteiger partial charge in [-0.3, -0.25) is 4.98 Å². The Hall–Kier alpha value is -3.21. The normalized spacial score (nSPS) is 16.8. The minimum absolute atomic E-state index is 0.0261. The van der Waals surface area contributed by atoms with Gasteiger partial charge in [-0.2, -0.15) is 0 Å². The molecule has 0 aliphatic carbocycles. The summed E-state index contributed by atoms with van der Waals surface area (Å²) >= 11 is 1.58. The first-order valence-corrected chi connectivity index (χ1v) is 12.6. The minimum atomic E-state index is -3.86. The Bertz CT molecular complexity index is 1390. The van der Waals surface area contributed by atoms with E-state index in [1.165, 1.54) is 12.1 Å². The maximum atomic E-state index is 11.8. The highest BCUT2D eigenvalue weighted by Crippen LogP contribution is 2.43. The van der Waals surface area contributed by atoms with Gasteiger partial charge in [-0.1, -0.05) is 6.07 Å². The van der Waals surface area contributed by atoms with Crippen LogP contribution in [0.15, 0.2) is 65.8 Å². The molecule has 0 fully saturated rings. The fourth-order valence-corrected chi connectivity index (χ4v) is 5.65. The number of fused-ring (bicyclic) bond motifs is 2. The monoisotopic (exact) mass is 483 g/mol. The highest BCUT2D eigenvalue weighted by Gasteiger charge is 2.34. The Morgan fingerprint density at radius 3 is 2.73 bits per heavy atom. The number of sulfonamides is 1. The quantitative estimate of drug-likeness (QED) is 0.460. The predicted octanol–water partition coefficient (Wildman–Crippen LogP) is 3.71. The maximum absolute atomic E-state index is 11.8. The number of ether oxygens (including phenoxy) is 3. The first-order valence-electron chi connectivity index (χ1n) is 10.2. The molecule has 0 radical (unpaired) electrons. The van der Waals surface area contributed by atoms with Crippen LogP contribution in [0.25, 0.3) is 10.2 Å². The molecule has 0 saturated heterocycles. The molecule has 2 N–H and O–H groups in total. The van der Waals surface area contributed by atoms with Crippen molar-refractivity contribution in [2.45, 2.75) is 23.3 Å². The summed E-state index contributed by atoms with van der Waals surface area (Å²) in [6.07, 6.45) is 3.71. The second kappa shape index (κ2) is 8.62. The van der Waals surface area contributed by atoms with Gasteiger partial charge in [0.1, 0.15) is 16.7 Å². The Kier molecular flexibility index (Phi) is 5.65. The number of methoxy groups -OCH3 is 1. The molecule has 1 aliphatic heterocycles. The average molecular weight is 484 g/mol. The van der Waals surface area contributed by atoms with Crippen molar-refractivity contribution in [3.8, 4) is 17.2 Å². The zero-order chi connectivity index (χ0) is 23.0. The molecule has 0 spiro atoms. The Morgan fingerprint density at radius 1 is 1.12 bits per heavy atom. The van der Waals surface area contributed by atoms with E-state index in [2.05, 4.69) is 16.0 Å². The number of aromatic nitrogens is 2.